The van der Waals surface area contributed by atoms with Crippen LogP contribution in [-0.4, -0.2) is 56.7 Å². The number of phenolic OH excluding ortho intramolecular Hbond substituents is 1. The number of fused-ring (bicyclic) bond motifs is 4. The summed E-state index contributed by atoms with van der Waals surface area (Å²) in [5.74, 6) is -3.14. The third kappa shape index (κ3) is 4.36. The molecule has 2 amide bonds. The molecule has 3 saturated heterocycles. The number of likely N-dealkylation sites (tertiary alicyclic amines) is 2. The van der Waals surface area contributed by atoms with Crippen molar-refractivity contribution in [2.24, 2.45) is 29.6 Å². The Balaban J connectivity index is 1.15. The molecule has 7 rings (SSSR count). The smallest absolute Gasteiger partial charge is 0.233 e. The van der Waals surface area contributed by atoms with E-state index in [-0.39, 0.29) is 35.4 Å². The largest absolute Gasteiger partial charge is 0.507 e. The highest BCUT2D eigenvalue weighted by atomic mass is 16.6. The molecule has 0 radical (unpaired) electrons. The zero-order valence-corrected chi connectivity index (χ0v) is 24.4. The van der Waals surface area contributed by atoms with Gasteiger partial charge in [0.1, 0.15) is 5.75 Å². The van der Waals surface area contributed by atoms with E-state index in [0.29, 0.717) is 12.8 Å². The van der Waals surface area contributed by atoms with Crippen molar-refractivity contribution in [3.63, 3.8) is 0 Å². The molecule has 1 aliphatic carbocycles. The van der Waals surface area contributed by atoms with Gasteiger partial charge in [-0.2, -0.15) is 0 Å². The van der Waals surface area contributed by atoms with Crippen molar-refractivity contribution in [3.05, 3.63) is 77.9 Å². The molecule has 2 N–H and O–H groups in total. The fourth-order valence-electron chi connectivity index (χ4n) is 8.51. The van der Waals surface area contributed by atoms with Crippen molar-refractivity contribution in [1.82, 2.24) is 9.80 Å². The number of hydrogen-bond donors (Lipinski definition) is 2. The van der Waals surface area contributed by atoms with Gasteiger partial charge >= 0.3 is 0 Å². The van der Waals surface area contributed by atoms with Gasteiger partial charge in [-0.05, 0) is 54.2 Å². The summed E-state index contributed by atoms with van der Waals surface area (Å²) in [6, 6.07) is 21.5. The fraction of sp³-hybridized carbons (Fsp3) is 0.486. The molecule has 7 nitrogen and oxygen atoms in total. The van der Waals surface area contributed by atoms with Crippen LogP contribution in [0.2, 0.25) is 0 Å². The number of carbonyl (C=O) groups is 2. The SMILES string of the molecule is CC(C)[C@H]1C[C@@H]2C(=O)N(C3CCN(Cc4ccccc4)CC3)C(=O)[C@@H]2[C@@H]2C[C@@H](c3ccc(O)c4ccccc34)O[C@]12O. The third-order valence-electron chi connectivity index (χ3n) is 10.6. The van der Waals surface area contributed by atoms with Crippen molar-refractivity contribution in [3.8, 4) is 5.75 Å². The van der Waals surface area contributed by atoms with E-state index in [1.807, 2.05) is 36.4 Å². The minimum Gasteiger partial charge on any atom is -0.507 e. The second-order valence-corrected chi connectivity index (χ2v) is 13.2. The number of imide groups is 1. The maximum absolute atomic E-state index is 14.2. The number of amides is 2. The normalized spacial score (nSPS) is 32.1. The molecular weight excluding hydrogens is 528 g/mol. The van der Waals surface area contributed by atoms with Gasteiger partial charge < -0.3 is 14.9 Å². The maximum atomic E-state index is 14.2. The van der Waals surface area contributed by atoms with Crippen LogP contribution in [0.1, 0.15) is 56.8 Å². The average molecular weight is 569 g/mol. The summed E-state index contributed by atoms with van der Waals surface area (Å²) >= 11 is 0. The van der Waals surface area contributed by atoms with Crippen LogP contribution < -0.4 is 0 Å². The molecule has 0 aromatic heterocycles. The molecule has 42 heavy (non-hydrogen) atoms. The second-order valence-electron chi connectivity index (χ2n) is 13.2. The molecule has 3 aromatic carbocycles. The van der Waals surface area contributed by atoms with E-state index in [2.05, 4.69) is 43.0 Å². The first-order chi connectivity index (χ1) is 20.3. The lowest BCUT2D eigenvalue weighted by Crippen LogP contribution is -2.55. The van der Waals surface area contributed by atoms with Gasteiger partial charge in [0.2, 0.25) is 11.8 Å². The molecule has 0 spiro atoms. The number of aliphatic hydroxyl groups is 1. The van der Waals surface area contributed by atoms with Crippen LogP contribution in [0.3, 0.4) is 0 Å². The minimum absolute atomic E-state index is 0.0576. The topological polar surface area (TPSA) is 90.3 Å². The predicted octanol–water partition coefficient (Wildman–Crippen LogP) is 5.25. The van der Waals surface area contributed by atoms with E-state index in [9.17, 15) is 19.8 Å². The van der Waals surface area contributed by atoms with E-state index in [1.165, 1.54) is 5.56 Å². The number of nitrogens with zero attached hydrogens (tertiary/aromatic N) is 2. The number of rotatable bonds is 5. The van der Waals surface area contributed by atoms with Crippen LogP contribution in [0.5, 0.6) is 5.75 Å². The summed E-state index contributed by atoms with van der Waals surface area (Å²) < 4.78 is 6.59. The van der Waals surface area contributed by atoms with Crippen LogP contribution in [0, 0.1) is 29.6 Å². The summed E-state index contributed by atoms with van der Waals surface area (Å²) in [6.45, 7) is 6.68. The molecule has 0 unspecified atom stereocenters. The second kappa shape index (κ2) is 10.5. The van der Waals surface area contributed by atoms with Gasteiger partial charge in [0.15, 0.2) is 5.79 Å². The number of ether oxygens (including phenoxy) is 1. The van der Waals surface area contributed by atoms with Crippen LogP contribution in [0.15, 0.2) is 66.7 Å². The molecule has 3 aromatic rings. The number of hydrogen-bond acceptors (Lipinski definition) is 6. The van der Waals surface area contributed by atoms with Gasteiger partial charge in [-0.15, -0.1) is 0 Å². The summed E-state index contributed by atoms with van der Waals surface area (Å²) in [5.41, 5.74) is 2.16. The standard InChI is InChI=1S/C35H40N2O5/c1-21(2)28-18-27-32(29-19-31(42-35(28,29)41)26-12-13-30(38)25-11-7-6-10-24(25)26)34(40)37(33(27)39)23-14-16-36(17-15-23)20-22-8-4-3-5-9-22/h3-13,21,23,27-29,31-32,38,41H,14-20H2,1-2H3/t27-,28+,29-,31-,32-,35+/m0/s1. The molecule has 1 saturated carbocycles. The molecular formula is C35H40N2O5. The molecule has 0 bridgehead atoms. The van der Waals surface area contributed by atoms with Crippen molar-refractivity contribution in [2.75, 3.05) is 13.1 Å². The quantitative estimate of drug-likeness (QED) is 0.409. The van der Waals surface area contributed by atoms with E-state index >= 15 is 0 Å². The fourth-order valence-corrected chi connectivity index (χ4v) is 8.51. The minimum atomic E-state index is -1.50. The van der Waals surface area contributed by atoms with Crippen molar-refractivity contribution in [2.45, 2.75) is 64.0 Å². The third-order valence-corrected chi connectivity index (χ3v) is 10.6. The summed E-state index contributed by atoms with van der Waals surface area (Å²) in [7, 11) is 0. The van der Waals surface area contributed by atoms with Crippen LogP contribution >= 0.6 is 0 Å². The number of phenols is 1. The van der Waals surface area contributed by atoms with Crippen LogP contribution in [-0.2, 0) is 20.9 Å². The Bertz CT molecular complexity index is 1500. The van der Waals surface area contributed by atoms with Gasteiger partial charge in [0.05, 0.1) is 17.9 Å². The Morgan fingerprint density at radius 1 is 0.905 bits per heavy atom. The van der Waals surface area contributed by atoms with E-state index < -0.39 is 29.6 Å². The lowest BCUT2D eigenvalue weighted by atomic mass is 9.62. The summed E-state index contributed by atoms with van der Waals surface area (Å²) in [4.78, 5) is 32.1. The van der Waals surface area contributed by atoms with Crippen molar-refractivity contribution < 1.29 is 24.5 Å². The average Bonchev–Trinajstić information content (AvgIpc) is 3.47. The number of piperidine rings is 1. The summed E-state index contributed by atoms with van der Waals surface area (Å²) in [6.07, 6.45) is 2.00. The number of aromatic hydroxyl groups is 1. The van der Waals surface area contributed by atoms with Crippen LogP contribution in [0.4, 0.5) is 0 Å². The monoisotopic (exact) mass is 568 g/mol. The Morgan fingerprint density at radius 3 is 2.31 bits per heavy atom. The molecule has 3 heterocycles. The maximum Gasteiger partial charge on any atom is 0.233 e. The Kier molecular flexibility index (Phi) is 6.87. The van der Waals surface area contributed by atoms with E-state index in [0.717, 1.165) is 48.8 Å². The molecule has 220 valence electrons. The van der Waals surface area contributed by atoms with Gasteiger partial charge in [-0.1, -0.05) is 74.5 Å². The highest BCUT2D eigenvalue weighted by molar-refractivity contribution is 6.06. The zero-order chi connectivity index (χ0) is 29.2. The van der Waals surface area contributed by atoms with Crippen molar-refractivity contribution >= 4 is 22.6 Å². The van der Waals surface area contributed by atoms with Crippen LogP contribution in [0.25, 0.3) is 10.8 Å². The lowest BCUT2D eigenvalue weighted by Gasteiger charge is -2.46. The highest BCUT2D eigenvalue weighted by Gasteiger charge is 2.67. The van der Waals surface area contributed by atoms with Gasteiger partial charge in [-0.3, -0.25) is 19.4 Å². The highest BCUT2D eigenvalue weighted by Crippen LogP contribution is 2.60. The first-order valence-corrected chi connectivity index (χ1v) is 15.5. The molecule has 4 fully saturated rings. The Morgan fingerprint density at radius 2 is 1.60 bits per heavy atom. The number of benzene rings is 3. The van der Waals surface area contributed by atoms with Gasteiger partial charge in [0, 0.05) is 42.9 Å². The first kappa shape index (κ1) is 27.6. The van der Waals surface area contributed by atoms with Crippen molar-refractivity contribution in [1.29, 1.82) is 0 Å². The number of carbonyl (C=O) groups excluding carboxylic acids is 2. The molecule has 3 aliphatic heterocycles. The summed E-state index contributed by atoms with van der Waals surface area (Å²) in [5, 5.41) is 24.3. The predicted molar refractivity (Wildman–Crippen MR) is 159 cm³/mol. The first-order valence-electron chi connectivity index (χ1n) is 15.5. The molecule has 7 heteroatoms. The lowest BCUT2D eigenvalue weighted by molar-refractivity contribution is -0.276. The Hall–Kier alpha value is -3.26. The van der Waals surface area contributed by atoms with Gasteiger partial charge in [-0.25, -0.2) is 0 Å². The zero-order valence-electron chi connectivity index (χ0n) is 24.4. The van der Waals surface area contributed by atoms with E-state index in [1.54, 1.807) is 11.0 Å². The molecule has 4 aliphatic rings. The molecule has 6 atom stereocenters. The van der Waals surface area contributed by atoms with E-state index in [4.69, 9.17) is 4.74 Å². The Labute approximate surface area is 247 Å². The van der Waals surface area contributed by atoms with Gasteiger partial charge in [0.25, 0.3) is 0 Å².